The number of fused-ring (bicyclic) bond motifs is 1. The Kier molecular flexibility index (Phi) is 7.61. The fraction of sp³-hybridized carbons (Fsp3) is 0.308. The van der Waals surface area contributed by atoms with Crippen LogP contribution in [0.5, 0.6) is 0 Å². The smallest absolute Gasteiger partial charge is 0.242 e. The molecule has 3 aromatic carbocycles. The van der Waals surface area contributed by atoms with Crippen LogP contribution in [0, 0.1) is 0 Å². The van der Waals surface area contributed by atoms with Crippen molar-refractivity contribution >= 4 is 22.6 Å². The van der Waals surface area contributed by atoms with Gasteiger partial charge in [-0.25, -0.2) is 0 Å². The van der Waals surface area contributed by atoms with Crippen molar-refractivity contribution in [3.8, 4) is 0 Å². The number of carbonyl (C=O) groups excluding carboxylic acids is 2. The highest BCUT2D eigenvalue weighted by Gasteiger charge is 2.28. The van der Waals surface area contributed by atoms with Gasteiger partial charge >= 0.3 is 0 Å². The zero-order valence-electron chi connectivity index (χ0n) is 17.8. The SMILES string of the molecule is CCNC(=O)[C@@H](CC)N(Cc1ccccc1)C(=O)CCc1cccc2ccccc12. The molecular formula is C26H30N2O2. The summed E-state index contributed by atoms with van der Waals surface area (Å²) < 4.78 is 0. The molecule has 0 aliphatic rings. The molecule has 0 saturated carbocycles. The van der Waals surface area contributed by atoms with Gasteiger partial charge in [0.15, 0.2) is 0 Å². The average molecular weight is 403 g/mol. The van der Waals surface area contributed by atoms with Gasteiger partial charge in [0, 0.05) is 19.5 Å². The summed E-state index contributed by atoms with van der Waals surface area (Å²) in [5.74, 6) is -0.0840. The lowest BCUT2D eigenvalue weighted by molar-refractivity contribution is -0.141. The van der Waals surface area contributed by atoms with Crippen molar-refractivity contribution in [2.75, 3.05) is 6.54 Å². The molecule has 0 aliphatic carbocycles. The quantitative estimate of drug-likeness (QED) is 0.563. The van der Waals surface area contributed by atoms with Crippen LogP contribution in [0.15, 0.2) is 72.8 Å². The van der Waals surface area contributed by atoms with Gasteiger partial charge in [-0.05, 0) is 41.7 Å². The lowest BCUT2D eigenvalue weighted by Crippen LogP contribution is -2.49. The third kappa shape index (κ3) is 5.26. The monoisotopic (exact) mass is 402 g/mol. The van der Waals surface area contributed by atoms with Crippen LogP contribution in [0.1, 0.15) is 37.8 Å². The third-order valence-corrected chi connectivity index (χ3v) is 5.42. The number of hydrogen-bond acceptors (Lipinski definition) is 2. The molecule has 0 heterocycles. The zero-order valence-corrected chi connectivity index (χ0v) is 17.8. The number of aryl methyl sites for hydroxylation is 1. The molecule has 0 aliphatic heterocycles. The number of hydrogen-bond donors (Lipinski definition) is 1. The Balaban J connectivity index is 1.80. The van der Waals surface area contributed by atoms with Crippen molar-refractivity contribution in [1.29, 1.82) is 0 Å². The normalized spacial score (nSPS) is 11.8. The lowest BCUT2D eigenvalue weighted by Gasteiger charge is -2.30. The molecule has 2 amide bonds. The molecule has 3 rings (SSSR count). The van der Waals surface area contributed by atoms with Gasteiger partial charge in [-0.15, -0.1) is 0 Å². The number of benzene rings is 3. The summed E-state index contributed by atoms with van der Waals surface area (Å²) in [4.78, 5) is 27.7. The van der Waals surface area contributed by atoms with E-state index in [1.807, 2.05) is 62.4 Å². The summed E-state index contributed by atoms with van der Waals surface area (Å²) in [6, 6.07) is 23.8. The molecule has 1 N–H and O–H groups in total. The summed E-state index contributed by atoms with van der Waals surface area (Å²) >= 11 is 0. The predicted molar refractivity (Wildman–Crippen MR) is 122 cm³/mol. The minimum atomic E-state index is -0.467. The fourth-order valence-corrected chi connectivity index (χ4v) is 3.89. The van der Waals surface area contributed by atoms with Crippen molar-refractivity contribution in [1.82, 2.24) is 10.2 Å². The molecule has 0 fully saturated rings. The molecule has 0 saturated heterocycles. The minimum Gasteiger partial charge on any atom is -0.355 e. The number of amides is 2. The molecule has 3 aromatic rings. The molecule has 0 aromatic heterocycles. The van der Waals surface area contributed by atoms with Gasteiger partial charge in [-0.2, -0.15) is 0 Å². The van der Waals surface area contributed by atoms with Crippen molar-refractivity contribution < 1.29 is 9.59 Å². The average Bonchev–Trinajstić information content (AvgIpc) is 2.78. The summed E-state index contributed by atoms with van der Waals surface area (Å²) in [5, 5.41) is 5.24. The maximum Gasteiger partial charge on any atom is 0.242 e. The minimum absolute atomic E-state index is 0.00453. The van der Waals surface area contributed by atoms with Crippen LogP contribution in [-0.4, -0.2) is 29.3 Å². The van der Waals surface area contributed by atoms with E-state index in [0.717, 1.165) is 11.1 Å². The zero-order chi connectivity index (χ0) is 21.3. The van der Waals surface area contributed by atoms with Gasteiger partial charge in [0.25, 0.3) is 0 Å². The molecule has 30 heavy (non-hydrogen) atoms. The second-order valence-electron chi connectivity index (χ2n) is 7.46. The Hall–Kier alpha value is -3.14. The molecular weight excluding hydrogens is 372 g/mol. The van der Waals surface area contributed by atoms with E-state index >= 15 is 0 Å². The Morgan fingerprint density at radius 3 is 2.33 bits per heavy atom. The molecule has 0 radical (unpaired) electrons. The Morgan fingerprint density at radius 1 is 0.900 bits per heavy atom. The molecule has 4 nitrogen and oxygen atoms in total. The van der Waals surface area contributed by atoms with Crippen LogP contribution in [-0.2, 0) is 22.6 Å². The number of carbonyl (C=O) groups is 2. The molecule has 0 spiro atoms. The Morgan fingerprint density at radius 2 is 1.60 bits per heavy atom. The van der Waals surface area contributed by atoms with Crippen LogP contribution >= 0.6 is 0 Å². The van der Waals surface area contributed by atoms with Crippen molar-refractivity contribution in [2.24, 2.45) is 0 Å². The standard InChI is InChI=1S/C26H30N2O2/c1-3-24(26(30)27-4-2)28(19-20-11-6-5-7-12-20)25(29)18-17-22-15-10-14-21-13-8-9-16-23(21)22/h5-16,24H,3-4,17-19H2,1-2H3,(H,27,30)/t24-/m1/s1. The molecule has 156 valence electrons. The van der Waals surface area contributed by atoms with E-state index in [9.17, 15) is 9.59 Å². The van der Waals surface area contributed by atoms with Crippen LogP contribution in [0.3, 0.4) is 0 Å². The first kappa shape index (κ1) is 21.6. The van der Waals surface area contributed by atoms with Crippen LogP contribution in [0.25, 0.3) is 10.8 Å². The van der Waals surface area contributed by atoms with Crippen LogP contribution in [0.2, 0.25) is 0 Å². The highest BCUT2D eigenvalue weighted by atomic mass is 16.2. The third-order valence-electron chi connectivity index (χ3n) is 5.42. The molecule has 1 atom stereocenters. The van der Waals surface area contributed by atoms with E-state index in [0.29, 0.717) is 32.4 Å². The number of nitrogens with zero attached hydrogens (tertiary/aromatic N) is 1. The first-order valence-electron chi connectivity index (χ1n) is 10.7. The van der Waals surface area contributed by atoms with Crippen molar-refractivity contribution in [3.63, 3.8) is 0 Å². The number of rotatable bonds is 9. The summed E-state index contributed by atoms with van der Waals surface area (Å²) in [7, 11) is 0. The van der Waals surface area contributed by atoms with E-state index in [1.54, 1.807) is 4.90 Å². The van der Waals surface area contributed by atoms with Gasteiger partial charge < -0.3 is 10.2 Å². The highest BCUT2D eigenvalue weighted by molar-refractivity contribution is 5.89. The van der Waals surface area contributed by atoms with E-state index in [-0.39, 0.29) is 11.8 Å². The summed E-state index contributed by atoms with van der Waals surface area (Å²) in [6.07, 6.45) is 1.60. The highest BCUT2D eigenvalue weighted by Crippen LogP contribution is 2.21. The molecule has 4 heteroatoms. The largest absolute Gasteiger partial charge is 0.355 e. The lowest BCUT2D eigenvalue weighted by atomic mass is 10.00. The number of nitrogens with one attached hydrogen (secondary N) is 1. The first-order valence-corrected chi connectivity index (χ1v) is 10.7. The Labute approximate surface area is 178 Å². The maximum absolute atomic E-state index is 13.3. The topological polar surface area (TPSA) is 49.4 Å². The second kappa shape index (κ2) is 10.6. The van der Waals surface area contributed by atoms with Gasteiger partial charge in [0.05, 0.1) is 0 Å². The molecule has 0 bridgehead atoms. The predicted octanol–water partition coefficient (Wildman–Crippen LogP) is 4.72. The summed E-state index contributed by atoms with van der Waals surface area (Å²) in [5.41, 5.74) is 2.19. The van der Waals surface area contributed by atoms with E-state index in [2.05, 4.69) is 29.6 Å². The first-order chi connectivity index (χ1) is 14.6. The van der Waals surface area contributed by atoms with Gasteiger partial charge in [0.1, 0.15) is 6.04 Å². The number of likely N-dealkylation sites (N-methyl/N-ethyl adjacent to an activating group) is 1. The van der Waals surface area contributed by atoms with Crippen molar-refractivity contribution in [3.05, 3.63) is 83.9 Å². The maximum atomic E-state index is 13.3. The Bertz CT molecular complexity index is 979. The van der Waals surface area contributed by atoms with Crippen LogP contribution < -0.4 is 5.32 Å². The summed E-state index contributed by atoms with van der Waals surface area (Å²) in [6.45, 7) is 4.84. The van der Waals surface area contributed by atoms with Crippen molar-refractivity contribution in [2.45, 2.75) is 45.7 Å². The van der Waals surface area contributed by atoms with E-state index < -0.39 is 6.04 Å². The fourth-order valence-electron chi connectivity index (χ4n) is 3.89. The molecule has 0 unspecified atom stereocenters. The van der Waals surface area contributed by atoms with Gasteiger partial charge in [-0.3, -0.25) is 9.59 Å². The van der Waals surface area contributed by atoms with Crippen LogP contribution in [0.4, 0.5) is 0 Å². The van der Waals surface area contributed by atoms with E-state index in [1.165, 1.54) is 10.8 Å². The van der Waals surface area contributed by atoms with E-state index in [4.69, 9.17) is 0 Å². The van der Waals surface area contributed by atoms with Gasteiger partial charge in [0.2, 0.25) is 11.8 Å². The second-order valence-corrected chi connectivity index (χ2v) is 7.46. The van der Waals surface area contributed by atoms with Gasteiger partial charge in [-0.1, -0.05) is 79.7 Å².